The minimum Gasteiger partial charge on any atom is -0.490 e. The molecule has 1 atom stereocenters. The Morgan fingerprint density at radius 3 is 2.90 bits per heavy atom. The highest BCUT2D eigenvalue weighted by Gasteiger charge is 2.21. The number of rotatable bonds is 12. The van der Waals surface area contributed by atoms with Gasteiger partial charge in [0, 0.05) is 49.3 Å². The van der Waals surface area contributed by atoms with Gasteiger partial charge < -0.3 is 20.5 Å². The Bertz CT molecular complexity index is 1250. The third kappa shape index (κ3) is 8.73. The van der Waals surface area contributed by atoms with E-state index in [1.807, 2.05) is 67.7 Å². The third-order valence-electron chi connectivity index (χ3n) is 6.75. The molecule has 0 bridgehead atoms. The molecular weight excluding hydrogens is 512 g/mol. The van der Waals surface area contributed by atoms with Gasteiger partial charge >= 0.3 is 5.97 Å². The van der Waals surface area contributed by atoms with Crippen LogP contribution >= 0.6 is 11.6 Å². The van der Waals surface area contributed by atoms with Gasteiger partial charge in [0.15, 0.2) is 0 Å². The molecule has 1 aliphatic rings. The molecule has 8 heteroatoms. The van der Waals surface area contributed by atoms with Crippen LogP contribution in [-0.4, -0.2) is 35.5 Å². The smallest absolute Gasteiger partial charge is 0.306 e. The molecule has 0 saturated heterocycles. The number of carbonyl (C=O) groups is 1. The normalized spacial score (nSPS) is 14.6. The highest BCUT2D eigenvalue weighted by molar-refractivity contribution is 6.31. The van der Waals surface area contributed by atoms with Crippen LogP contribution < -0.4 is 15.8 Å². The Balaban J connectivity index is 1.48. The zero-order chi connectivity index (χ0) is 27.5. The number of fused-ring (bicyclic) bond motifs is 1. The second-order valence-electron chi connectivity index (χ2n) is 9.72. The summed E-state index contributed by atoms with van der Waals surface area (Å²) < 4.78 is 11.5. The minimum absolute atomic E-state index is 0.0623. The molecule has 39 heavy (non-hydrogen) atoms. The van der Waals surface area contributed by atoms with Gasteiger partial charge in [-0.3, -0.25) is 14.7 Å². The summed E-state index contributed by atoms with van der Waals surface area (Å²) in [5.74, 6) is 0.534. The van der Waals surface area contributed by atoms with Crippen LogP contribution in [0.1, 0.15) is 54.5 Å². The molecule has 1 aromatic heterocycles. The molecule has 1 aliphatic heterocycles. The summed E-state index contributed by atoms with van der Waals surface area (Å²) in [5.41, 5.74) is 10.9. The fraction of sp³-hybridized carbons (Fsp3) is 0.355. The number of nitrogens with two attached hydrogens (primary N) is 1. The Morgan fingerprint density at radius 1 is 1.23 bits per heavy atom. The maximum atomic E-state index is 12.9. The predicted molar refractivity (Wildman–Crippen MR) is 154 cm³/mol. The number of benzene rings is 2. The second-order valence-corrected chi connectivity index (χ2v) is 10.1. The number of hydrogen-bond donors (Lipinski definition) is 2. The number of nitrogens with zero attached hydrogens (tertiary/aromatic N) is 2. The molecule has 3 aromatic rings. The largest absolute Gasteiger partial charge is 0.490 e. The van der Waals surface area contributed by atoms with Gasteiger partial charge in [0.25, 0.3) is 0 Å². The second kappa shape index (κ2) is 14.6. The van der Waals surface area contributed by atoms with Crippen molar-refractivity contribution >= 4 is 17.6 Å². The summed E-state index contributed by atoms with van der Waals surface area (Å²) in [6.45, 7) is 5.76. The Hall–Kier alpha value is -3.55. The van der Waals surface area contributed by atoms with Crippen molar-refractivity contribution in [1.82, 2.24) is 15.2 Å². The van der Waals surface area contributed by atoms with E-state index in [9.17, 15) is 4.79 Å². The van der Waals surface area contributed by atoms with Gasteiger partial charge in [-0.1, -0.05) is 54.1 Å². The molecule has 206 valence electrons. The number of ether oxygens (including phenoxy) is 2. The van der Waals surface area contributed by atoms with E-state index in [4.69, 9.17) is 26.8 Å². The first-order chi connectivity index (χ1) is 19.0. The molecule has 0 spiro atoms. The Morgan fingerprint density at radius 2 is 2.08 bits per heavy atom. The van der Waals surface area contributed by atoms with Gasteiger partial charge in [-0.05, 0) is 60.6 Å². The van der Waals surface area contributed by atoms with Crippen molar-refractivity contribution in [1.29, 1.82) is 0 Å². The van der Waals surface area contributed by atoms with Crippen molar-refractivity contribution in [2.45, 2.75) is 51.8 Å². The first-order valence-corrected chi connectivity index (χ1v) is 13.8. The summed E-state index contributed by atoms with van der Waals surface area (Å²) in [6.07, 6.45) is 5.26. The van der Waals surface area contributed by atoms with Gasteiger partial charge in [0.1, 0.15) is 19.0 Å². The van der Waals surface area contributed by atoms with Crippen molar-refractivity contribution in [3.05, 3.63) is 106 Å². The van der Waals surface area contributed by atoms with Crippen LogP contribution in [0.3, 0.4) is 0 Å². The van der Waals surface area contributed by atoms with Gasteiger partial charge in [-0.25, -0.2) is 0 Å². The van der Waals surface area contributed by atoms with Crippen LogP contribution in [0.4, 0.5) is 0 Å². The highest BCUT2D eigenvalue weighted by atomic mass is 35.5. The van der Waals surface area contributed by atoms with E-state index in [2.05, 4.69) is 21.3 Å². The maximum Gasteiger partial charge on any atom is 0.306 e. The minimum atomic E-state index is -0.234. The molecular formula is C31H37ClN4O3. The highest BCUT2D eigenvalue weighted by Crippen LogP contribution is 2.31. The van der Waals surface area contributed by atoms with E-state index in [1.54, 1.807) is 6.20 Å². The van der Waals surface area contributed by atoms with Crippen LogP contribution in [-0.2, 0) is 29.2 Å². The SMILES string of the molecule is CCN/C=C(\N)CCC(CC(=O)OCc1ccccc1)c1ccc(Cl)c(CN2CCOc3cccnc3C2)c1. The number of hydrogen-bond acceptors (Lipinski definition) is 7. The van der Waals surface area contributed by atoms with Crippen LogP contribution in [0.25, 0.3) is 0 Å². The lowest BCUT2D eigenvalue weighted by atomic mass is 9.89. The van der Waals surface area contributed by atoms with E-state index >= 15 is 0 Å². The quantitative estimate of drug-likeness (QED) is 0.287. The molecule has 2 heterocycles. The van der Waals surface area contributed by atoms with Gasteiger partial charge in [0.05, 0.1) is 12.1 Å². The number of nitrogens with one attached hydrogen (secondary N) is 1. The lowest BCUT2D eigenvalue weighted by Gasteiger charge is -2.22. The predicted octanol–water partition coefficient (Wildman–Crippen LogP) is 5.54. The van der Waals surface area contributed by atoms with E-state index in [0.717, 1.165) is 46.9 Å². The number of pyridine rings is 1. The zero-order valence-corrected chi connectivity index (χ0v) is 23.2. The van der Waals surface area contributed by atoms with Gasteiger partial charge in [0.2, 0.25) is 0 Å². The number of esters is 1. The monoisotopic (exact) mass is 548 g/mol. The van der Waals surface area contributed by atoms with Crippen molar-refractivity contribution < 1.29 is 14.3 Å². The third-order valence-corrected chi connectivity index (χ3v) is 7.12. The molecule has 0 aliphatic carbocycles. The van der Waals surface area contributed by atoms with E-state index in [-0.39, 0.29) is 24.9 Å². The van der Waals surface area contributed by atoms with Crippen molar-refractivity contribution in [3.8, 4) is 5.75 Å². The first-order valence-electron chi connectivity index (χ1n) is 13.5. The molecule has 0 saturated carbocycles. The van der Waals surface area contributed by atoms with Crippen molar-refractivity contribution in [2.24, 2.45) is 5.73 Å². The van der Waals surface area contributed by atoms with Crippen molar-refractivity contribution in [2.75, 3.05) is 19.7 Å². The maximum absolute atomic E-state index is 12.9. The number of allylic oxidation sites excluding steroid dienone is 1. The molecule has 2 aromatic carbocycles. The molecule has 1 unspecified atom stereocenters. The number of carbonyl (C=O) groups excluding carboxylic acids is 1. The first kappa shape index (κ1) is 28.5. The molecule has 0 fully saturated rings. The number of aromatic nitrogens is 1. The van der Waals surface area contributed by atoms with Crippen LogP contribution in [0, 0.1) is 0 Å². The van der Waals surface area contributed by atoms with Gasteiger partial charge in [-0.15, -0.1) is 0 Å². The fourth-order valence-corrected chi connectivity index (χ4v) is 4.80. The number of halogens is 1. The lowest BCUT2D eigenvalue weighted by Crippen LogP contribution is -2.25. The topological polar surface area (TPSA) is 89.7 Å². The zero-order valence-electron chi connectivity index (χ0n) is 22.4. The molecule has 4 rings (SSSR count). The Kier molecular flexibility index (Phi) is 10.6. The van der Waals surface area contributed by atoms with Gasteiger partial charge in [-0.2, -0.15) is 0 Å². The van der Waals surface area contributed by atoms with Crippen molar-refractivity contribution in [3.63, 3.8) is 0 Å². The Labute approximate surface area is 236 Å². The summed E-state index contributed by atoms with van der Waals surface area (Å²) in [6, 6.07) is 19.6. The van der Waals surface area contributed by atoms with E-state index in [0.29, 0.717) is 37.6 Å². The summed E-state index contributed by atoms with van der Waals surface area (Å²) in [5, 5.41) is 3.84. The van der Waals surface area contributed by atoms with E-state index in [1.165, 1.54) is 0 Å². The van der Waals surface area contributed by atoms with Crippen LogP contribution in [0.5, 0.6) is 5.75 Å². The van der Waals surface area contributed by atoms with Crippen LogP contribution in [0.15, 0.2) is 78.8 Å². The summed E-state index contributed by atoms with van der Waals surface area (Å²) in [7, 11) is 0. The van der Waals surface area contributed by atoms with Crippen LogP contribution in [0.2, 0.25) is 5.02 Å². The molecule has 0 radical (unpaired) electrons. The molecule has 3 N–H and O–H groups in total. The fourth-order valence-electron chi connectivity index (χ4n) is 4.63. The lowest BCUT2D eigenvalue weighted by molar-refractivity contribution is -0.145. The molecule has 7 nitrogen and oxygen atoms in total. The summed E-state index contributed by atoms with van der Waals surface area (Å²) >= 11 is 6.67. The summed E-state index contributed by atoms with van der Waals surface area (Å²) in [4.78, 5) is 19.7. The average molecular weight is 549 g/mol. The standard InChI is InChI=1S/C31H37ClN4O3/c1-2-34-19-27(33)12-10-25(18-31(37)39-22-23-7-4-3-5-8-23)24-11-13-28(32)26(17-24)20-36-15-16-38-30-9-6-14-35-29(30)21-36/h3-9,11,13-14,17,19,25,34H,2,10,12,15-16,18,20-22,33H2,1H3/b27-19-. The van der Waals surface area contributed by atoms with E-state index < -0.39 is 0 Å². The average Bonchev–Trinajstić information content (AvgIpc) is 3.16. The molecule has 0 amide bonds.